The number of pyridine rings is 2. The number of rotatable bonds is 6. The Morgan fingerprint density at radius 3 is 2.64 bits per heavy atom. The second-order valence-electron chi connectivity index (χ2n) is 11.4. The van der Waals surface area contributed by atoms with Crippen LogP contribution in [0.25, 0.3) is 40.5 Å². The number of hydrogen-bond donors (Lipinski definition) is 2. The molecule has 0 aromatic carbocycles. The predicted molar refractivity (Wildman–Crippen MR) is 161 cm³/mol. The van der Waals surface area contributed by atoms with E-state index in [1.807, 2.05) is 24.8 Å². The minimum absolute atomic E-state index is 0.807. The Bertz CT molecular complexity index is 1580. The summed E-state index contributed by atoms with van der Waals surface area (Å²) in [5, 5.41) is 10.8. The first-order valence-electron chi connectivity index (χ1n) is 14.3. The van der Waals surface area contributed by atoms with Crippen molar-refractivity contribution in [3.63, 3.8) is 0 Å². The van der Waals surface area contributed by atoms with Crippen molar-refractivity contribution in [2.75, 3.05) is 38.1 Å². The molecule has 0 bridgehead atoms. The Kier molecular flexibility index (Phi) is 7.33. The monoisotopic (exact) mass is 521 g/mol. The SMILES string of the molecule is C=c1c(-c2cc3c(N4CCN(C)CC4)cncc3[nH]2)n[nH]/c1=C/C=C(\C)c1cncc(CC2CCCCC2)c1. The number of piperazine rings is 1. The highest BCUT2D eigenvalue weighted by Gasteiger charge is 2.19. The normalized spacial score (nSPS) is 18.4. The van der Waals surface area contributed by atoms with Gasteiger partial charge in [-0.25, -0.2) is 0 Å². The van der Waals surface area contributed by atoms with Crippen LogP contribution in [-0.4, -0.2) is 63.3 Å². The molecule has 39 heavy (non-hydrogen) atoms. The van der Waals surface area contributed by atoms with Crippen molar-refractivity contribution in [1.82, 2.24) is 30.0 Å². The molecule has 202 valence electrons. The van der Waals surface area contributed by atoms with Crippen molar-refractivity contribution in [2.45, 2.75) is 45.4 Å². The average Bonchev–Trinajstić information content (AvgIpc) is 3.56. The van der Waals surface area contributed by atoms with Crippen molar-refractivity contribution in [1.29, 1.82) is 0 Å². The number of anilines is 1. The van der Waals surface area contributed by atoms with Gasteiger partial charge in [0.15, 0.2) is 0 Å². The van der Waals surface area contributed by atoms with Gasteiger partial charge < -0.3 is 14.8 Å². The second-order valence-corrected chi connectivity index (χ2v) is 11.4. The van der Waals surface area contributed by atoms with E-state index < -0.39 is 0 Å². The van der Waals surface area contributed by atoms with Crippen LogP contribution in [0.5, 0.6) is 0 Å². The van der Waals surface area contributed by atoms with Gasteiger partial charge >= 0.3 is 0 Å². The van der Waals surface area contributed by atoms with Crippen molar-refractivity contribution < 1.29 is 0 Å². The number of aromatic amines is 2. The largest absolute Gasteiger partial charge is 0.367 e. The van der Waals surface area contributed by atoms with E-state index in [4.69, 9.17) is 0 Å². The quantitative estimate of drug-likeness (QED) is 0.390. The van der Waals surface area contributed by atoms with E-state index in [9.17, 15) is 0 Å². The van der Waals surface area contributed by atoms with Crippen LogP contribution < -0.4 is 15.5 Å². The second kappa shape index (κ2) is 11.2. The van der Waals surface area contributed by atoms with Crippen LogP contribution in [-0.2, 0) is 6.42 Å². The third-order valence-corrected chi connectivity index (χ3v) is 8.52. The van der Waals surface area contributed by atoms with Gasteiger partial charge in [-0.3, -0.25) is 15.1 Å². The Hall–Kier alpha value is -3.71. The van der Waals surface area contributed by atoms with Crippen LogP contribution in [0.1, 0.15) is 50.2 Å². The molecule has 0 radical (unpaired) electrons. The van der Waals surface area contributed by atoms with Crippen LogP contribution >= 0.6 is 0 Å². The fourth-order valence-electron chi connectivity index (χ4n) is 6.05. The molecule has 7 nitrogen and oxygen atoms in total. The fraction of sp³-hybridized carbons (Fsp3) is 0.406. The zero-order valence-corrected chi connectivity index (χ0v) is 23.2. The summed E-state index contributed by atoms with van der Waals surface area (Å²) in [6.07, 6.45) is 20.1. The molecule has 4 aromatic rings. The molecule has 2 N–H and O–H groups in total. The average molecular weight is 522 g/mol. The lowest BCUT2D eigenvalue weighted by atomic mass is 9.85. The molecular weight excluding hydrogens is 482 g/mol. The van der Waals surface area contributed by atoms with Gasteiger partial charge in [0.25, 0.3) is 0 Å². The highest BCUT2D eigenvalue weighted by Crippen LogP contribution is 2.30. The third-order valence-electron chi connectivity index (χ3n) is 8.52. The van der Waals surface area contributed by atoms with E-state index in [1.54, 1.807) is 0 Å². The summed E-state index contributed by atoms with van der Waals surface area (Å²) in [4.78, 5) is 17.4. The number of fused-ring (bicyclic) bond motifs is 1. The van der Waals surface area contributed by atoms with E-state index in [-0.39, 0.29) is 0 Å². The van der Waals surface area contributed by atoms with Crippen LogP contribution in [0, 0.1) is 5.92 Å². The number of hydrogen-bond acceptors (Lipinski definition) is 5. The molecule has 1 aliphatic carbocycles. The van der Waals surface area contributed by atoms with Crippen molar-refractivity contribution in [3.8, 4) is 11.4 Å². The summed E-state index contributed by atoms with van der Waals surface area (Å²) in [7, 11) is 2.18. The number of likely N-dealkylation sites (N-methyl/N-ethyl adjacent to an activating group) is 1. The number of allylic oxidation sites excluding steroid dienone is 2. The molecule has 0 spiro atoms. The minimum Gasteiger partial charge on any atom is -0.367 e. The summed E-state index contributed by atoms with van der Waals surface area (Å²) < 4.78 is 0. The molecular formula is C32H39N7. The maximum Gasteiger partial charge on any atom is 0.116 e. The van der Waals surface area contributed by atoms with Gasteiger partial charge in [0.2, 0.25) is 0 Å². The molecule has 6 rings (SSSR count). The summed E-state index contributed by atoms with van der Waals surface area (Å²) in [5.74, 6) is 0.807. The number of aromatic nitrogens is 5. The highest BCUT2D eigenvalue weighted by atomic mass is 15.2. The lowest BCUT2D eigenvalue weighted by molar-refractivity contribution is 0.313. The first-order valence-corrected chi connectivity index (χ1v) is 14.3. The molecule has 0 unspecified atom stereocenters. The molecule has 1 saturated heterocycles. The van der Waals surface area contributed by atoms with Gasteiger partial charge in [-0.1, -0.05) is 44.8 Å². The van der Waals surface area contributed by atoms with Gasteiger partial charge in [0.05, 0.1) is 34.6 Å². The summed E-state index contributed by atoms with van der Waals surface area (Å²) >= 11 is 0. The molecule has 2 aliphatic rings. The highest BCUT2D eigenvalue weighted by molar-refractivity contribution is 5.95. The molecule has 2 fully saturated rings. The third kappa shape index (κ3) is 5.55. The van der Waals surface area contributed by atoms with Gasteiger partial charge in [0.1, 0.15) is 5.69 Å². The zero-order chi connectivity index (χ0) is 26.8. The van der Waals surface area contributed by atoms with Gasteiger partial charge in [-0.2, -0.15) is 5.10 Å². The number of nitrogens with one attached hydrogen (secondary N) is 2. The predicted octanol–water partition coefficient (Wildman–Crippen LogP) is 4.52. The Labute approximate surface area is 230 Å². The fourth-order valence-corrected chi connectivity index (χ4v) is 6.05. The van der Waals surface area contributed by atoms with Crippen molar-refractivity contribution in [3.05, 3.63) is 64.7 Å². The van der Waals surface area contributed by atoms with Gasteiger partial charge in [-0.05, 0) is 61.2 Å². The molecule has 0 amide bonds. The lowest BCUT2D eigenvalue weighted by Crippen LogP contribution is -2.44. The maximum absolute atomic E-state index is 4.63. The van der Waals surface area contributed by atoms with Crippen LogP contribution in [0.15, 0.2) is 43.0 Å². The number of nitrogens with zero attached hydrogens (tertiary/aromatic N) is 5. The van der Waals surface area contributed by atoms with E-state index in [0.29, 0.717) is 0 Å². The van der Waals surface area contributed by atoms with E-state index in [2.05, 4.69) is 79.8 Å². The molecule has 0 atom stereocenters. The maximum atomic E-state index is 4.63. The zero-order valence-electron chi connectivity index (χ0n) is 23.2. The van der Waals surface area contributed by atoms with E-state index in [0.717, 1.165) is 66.0 Å². The summed E-state index contributed by atoms with van der Waals surface area (Å²) in [6, 6.07) is 4.49. The summed E-state index contributed by atoms with van der Waals surface area (Å²) in [5.41, 5.74) is 7.68. The van der Waals surface area contributed by atoms with Gasteiger partial charge in [-0.15, -0.1) is 0 Å². The lowest BCUT2D eigenvalue weighted by Gasteiger charge is -2.34. The molecule has 1 saturated carbocycles. The minimum atomic E-state index is 0.807. The first kappa shape index (κ1) is 25.6. The Morgan fingerprint density at radius 1 is 1.03 bits per heavy atom. The topological polar surface area (TPSA) is 76.7 Å². The Morgan fingerprint density at radius 2 is 1.82 bits per heavy atom. The van der Waals surface area contributed by atoms with Crippen LogP contribution in [0.4, 0.5) is 5.69 Å². The molecule has 4 aromatic heterocycles. The van der Waals surface area contributed by atoms with E-state index >= 15 is 0 Å². The van der Waals surface area contributed by atoms with Crippen LogP contribution in [0.2, 0.25) is 0 Å². The first-order chi connectivity index (χ1) is 19.0. The van der Waals surface area contributed by atoms with Crippen molar-refractivity contribution in [2.24, 2.45) is 5.92 Å². The van der Waals surface area contributed by atoms with Crippen LogP contribution in [0.3, 0.4) is 0 Å². The molecule has 1 aliphatic heterocycles. The smallest absolute Gasteiger partial charge is 0.116 e. The van der Waals surface area contributed by atoms with E-state index in [1.165, 1.54) is 59.9 Å². The summed E-state index contributed by atoms with van der Waals surface area (Å²) in [6.45, 7) is 10.6. The Balaban J connectivity index is 1.24. The molecule has 7 heteroatoms. The van der Waals surface area contributed by atoms with Crippen molar-refractivity contribution >= 4 is 34.8 Å². The van der Waals surface area contributed by atoms with Gasteiger partial charge in [0, 0.05) is 49.2 Å². The molecule has 5 heterocycles. The standard InChI is InChI=1S/C32H39N7/c1-22(26-16-25(18-33-19-26)15-24-7-5-4-6-8-24)9-10-28-23(2)32(37-36-28)29-17-27-30(35-29)20-34-21-31(27)39-13-11-38(3)12-14-39/h9-10,16-21,24,35-36H,2,4-8,11-15H2,1,3H3/b22-9+,28-10+. The number of H-pyrrole nitrogens is 2.